The van der Waals surface area contributed by atoms with E-state index in [1.54, 1.807) is 0 Å². The summed E-state index contributed by atoms with van der Waals surface area (Å²) >= 11 is 0. The van der Waals surface area contributed by atoms with Gasteiger partial charge >= 0.3 is 0 Å². The normalized spacial score (nSPS) is 14.3. The number of ether oxygens (including phenoxy) is 1. The van der Waals surface area contributed by atoms with Gasteiger partial charge in [0.15, 0.2) is 0 Å². The van der Waals surface area contributed by atoms with E-state index in [-0.39, 0.29) is 27.1 Å². The van der Waals surface area contributed by atoms with Crippen LogP contribution >= 0.6 is 0 Å². The van der Waals surface area contributed by atoms with Crippen molar-refractivity contribution in [1.82, 2.24) is 9.55 Å². The number of aromatic nitrogens is 2. The lowest BCUT2D eigenvalue weighted by Gasteiger charge is -2.33. The first-order valence-electron chi connectivity index (χ1n) is 22.3. The smallest absolute Gasteiger partial charge is 0.137 e. The molecule has 5 aromatic carbocycles. The van der Waals surface area contributed by atoms with Gasteiger partial charge in [-0.1, -0.05) is 158 Å². The third-order valence-corrected chi connectivity index (χ3v) is 12.7. The third-order valence-electron chi connectivity index (χ3n) is 12.7. The Labute approximate surface area is 371 Å². The van der Waals surface area contributed by atoms with Gasteiger partial charge in [-0.3, -0.25) is 4.57 Å². The highest BCUT2D eigenvalue weighted by molar-refractivity contribution is 6.11. The van der Waals surface area contributed by atoms with Crippen molar-refractivity contribution in [3.8, 4) is 17.3 Å². The molecule has 0 saturated carbocycles. The SMILES string of the molecule is CC(C)(C)C1=CN(c2cccc(Oc3cc(C(C)(C)C)c4c5ccccc5n(-c5cc(C(C)(C)c6ccccc6)ccn5)c4c3)c2)CN1c1cc(C(C)(C)C)cc(C(C)(C)C)c1. The molecule has 0 radical (unpaired) electrons. The van der Waals surface area contributed by atoms with Crippen LogP contribution in [0.15, 0.2) is 139 Å². The van der Waals surface area contributed by atoms with E-state index in [9.17, 15) is 0 Å². The van der Waals surface area contributed by atoms with Gasteiger partial charge in [0.25, 0.3) is 0 Å². The van der Waals surface area contributed by atoms with E-state index in [0.717, 1.165) is 34.0 Å². The van der Waals surface area contributed by atoms with Crippen LogP contribution in [0, 0.1) is 5.41 Å². The Kier molecular flexibility index (Phi) is 10.5. The molecule has 1 aliphatic heterocycles. The van der Waals surface area contributed by atoms with Crippen molar-refractivity contribution in [2.45, 2.75) is 119 Å². The van der Waals surface area contributed by atoms with E-state index in [1.807, 2.05) is 6.20 Å². The zero-order valence-electron chi connectivity index (χ0n) is 39.6. The number of allylic oxidation sites excluding steroid dienone is 1. The highest BCUT2D eigenvalue weighted by Gasteiger charge is 2.33. The van der Waals surface area contributed by atoms with E-state index in [2.05, 4.69) is 239 Å². The average molecular weight is 823 g/mol. The van der Waals surface area contributed by atoms with Crippen molar-refractivity contribution in [2.75, 3.05) is 16.5 Å². The summed E-state index contributed by atoms with van der Waals surface area (Å²) in [5.41, 5.74) is 11.8. The van der Waals surface area contributed by atoms with E-state index in [0.29, 0.717) is 6.67 Å². The topological polar surface area (TPSA) is 33.5 Å². The number of nitrogens with zero attached hydrogens (tertiary/aromatic N) is 4. The molecule has 62 heavy (non-hydrogen) atoms. The second-order valence-corrected chi connectivity index (χ2v) is 22.0. The second kappa shape index (κ2) is 15.2. The van der Waals surface area contributed by atoms with Crippen molar-refractivity contribution in [1.29, 1.82) is 0 Å². The molecule has 0 saturated heterocycles. The molecule has 0 aliphatic carbocycles. The molecule has 0 bridgehead atoms. The Hall–Kier alpha value is -5.81. The molecular weight excluding hydrogens is 757 g/mol. The maximum Gasteiger partial charge on any atom is 0.137 e. The number of benzene rings is 5. The van der Waals surface area contributed by atoms with Crippen molar-refractivity contribution in [3.63, 3.8) is 0 Å². The van der Waals surface area contributed by atoms with Crippen LogP contribution in [0.5, 0.6) is 11.5 Å². The largest absolute Gasteiger partial charge is 0.457 e. The van der Waals surface area contributed by atoms with Crippen molar-refractivity contribution < 1.29 is 4.74 Å². The van der Waals surface area contributed by atoms with E-state index >= 15 is 0 Å². The summed E-state index contributed by atoms with van der Waals surface area (Å²) in [4.78, 5) is 9.91. The van der Waals surface area contributed by atoms with E-state index in [4.69, 9.17) is 9.72 Å². The van der Waals surface area contributed by atoms with Crippen LogP contribution < -0.4 is 14.5 Å². The maximum absolute atomic E-state index is 6.96. The first-order chi connectivity index (χ1) is 29.0. The van der Waals surface area contributed by atoms with Crippen molar-refractivity contribution in [2.24, 2.45) is 5.41 Å². The summed E-state index contributed by atoms with van der Waals surface area (Å²) in [6, 6.07) is 44.1. The standard InChI is InChI=1S/C57H66N4O/c1-53(2,3)40-29-41(54(4,5)6)31-43(30-40)60-37-59(36-50(60)56(10,11)12)42-23-20-24-44(33-42)62-45-34-47(55(7,8)9)52-46-25-18-19-26-48(46)61(49(52)35-45)51-32-39(27-28-58-51)57(13,14)38-21-16-15-17-22-38/h15-36H,37H2,1-14H3. The Bertz CT molecular complexity index is 2780. The minimum absolute atomic E-state index is 0.0246. The first kappa shape index (κ1) is 42.9. The molecule has 2 aromatic heterocycles. The Morgan fingerprint density at radius 3 is 1.81 bits per heavy atom. The fourth-order valence-electron chi connectivity index (χ4n) is 8.88. The van der Waals surface area contributed by atoms with Crippen LogP contribution in [0.4, 0.5) is 11.4 Å². The maximum atomic E-state index is 6.96. The molecule has 5 heteroatoms. The Morgan fingerprint density at radius 1 is 0.500 bits per heavy atom. The van der Waals surface area contributed by atoms with Gasteiger partial charge in [0.2, 0.25) is 0 Å². The molecule has 0 unspecified atom stereocenters. The number of hydrogen-bond acceptors (Lipinski definition) is 4. The zero-order chi connectivity index (χ0) is 44.6. The summed E-state index contributed by atoms with van der Waals surface area (Å²) in [5.74, 6) is 2.48. The van der Waals surface area contributed by atoms with Gasteiger partial charge in [0.05, 0.1) is 17.7 Å². The molecule has 7 aromatic rings. The zero-order valence-corrected chi connectivity index (χ0v) is 39.6. The lowest BCUT2D eigenvalue weighted by Crippen LogP contribution is -2.31. The first-order valence-corrected chi connectivity index (χ1v) is 22.3. The molecular formula is C57H66N4O. The average Bonchev–Trinajstić information content (AvgIpc) is 3.81. The minimum Gasteiger partial charge on any atom is -0.457 e. The number of rotatable bonds is 7. The van der Waals surface area contributed by atoms with Gasteiger partial charge in [-0.15, -0.1) is 0 Å². The fourth-order valence-corrected chi connectivity index (χ4v) is 8.88. The summed E-state index contributed by atoms with van der Waals surface area (Å²) in [5, 5.41) is 2.43. The Morgan fingerprint density at radius 2 is 1.16 bits per heavy atom. The summed E-state index contributed by atoms with van der Waals surface area (Å²) in [6.45, 7) is 33.0. The molecule has 5 nitrogen and oxygen atoms in total. The van der Waals surface area contributed by atoms with Crippen molar-refractivity contribution in [3.05, 3.63) is 167 Å². The third kappa shape index (κ3) is 8.15. The number of fused-ring (bicyclic) bond motifs is 3. The predicted octanol–water partition coefficient (Wildman–Crippen LogP) is 15.4. The minimum atomic E-state index is -0.214. The number of hydrogen-bond donors (Lipinski definition) is 0. The number of anilines is 2. The van der Waals surface area contributed by atoms with Gasteiger partial charge in [0.1, 0.15) is 17.3 Å². The molecule has 0 fully saturated rings. The van der Waals surface area contributed by atoms with Gasteiger partial charge in [-0.25, -0.2) is 4.98 Å². The van der Waals surface area contributed by atoms with Gasteiger partial charge < -0.3 is 14.5 Å². The van der Waals surface area contributed by atoms with Crippen LogP contribution in [0.3, 0.4) is 0 Å². The molecule has 320 valence electrons. The summed E-state index contributed by atoms with van der Waals surface area (Å²) < 4.78 is 9.29. The lowest BCUT2D eigenvalue weighted by atomic mass is 9.78. The monoisotopic (exact) mass is 823 g/mol. The molecule has 8 rings (SSSR count). The van der Waals surface area contributed by atoms with E-state index < -0.39 is 0 Å². The van der Waals surface area contributed by atoms with Crippen LogP contribution in [0.25, 0.3) is 27.6 Å². The molecule has 0 amide bonds. The van der Waals surface area contributed by atoms with Crippen LogP contribution in [0.2, 0.25) is 0 Å². The predicted molar refractivity (Wildman–Crippen MR) is 264 cm³/mol. The van der Waals surface area contributed by atoms with Gasteiger partial charge in [-0.2, -0.15) is 0 Å². The highest BCUT2D eigenvalue weighted by Crippen LogP contribution is 2.45. The van der Waals surface area contributed by atoms with E-state index in [1.165, 1.54) is 50.0 Å². The van der Waals surface area contributed by atoms with Gasteiger partial charge in [-0.05, 0) is 92.6 Å². The molecule has 0 N–H and O–H groups in total. The number of para-hydroxylation sites is 1. The lowest BCUT2D eigenvalue weighted by molar-refractivity contribution is 0.480. The van der Waals surface area contributed by atoms with Crippen LogP contribution in [0.1, 0.15) is 125 Å². The highest BCUT2D eigenvalue weighted by atomic mass is 16.5. The second-order valence-electron chi connectivity index (χ2n) is 22.0. The molecule has 0 spiro atoms. The fraction of sp³-hybridized carbons (Fsp3) is 0.351. The van der Waals surface area contributed by atoms with Crippen LogP contribution in [-0.4, -0.2) is 16.2 Å². The molecule has 0 atom stereocenters. The summed E-state index contributed by atoms with van der Waals surface area (Å²) in [6.07, 6.45) is 4.29. The number of pyridine rings is 1. The Balaban J connectivity index is 1.20. The quantitative estimate of drug-likeness (QED) is 0.160. The van der Waals surface area contributed by atoms with Crippen molar-refractivity contribution >= 4 is 33.2 Å². The van der Waals surface area contributed by atoms with Gasteiger partial charge in [0, 0.05) is 63.2 Å². The molecule has 1 aliphatic rings. The summed E-state index contributed by atoms with van der Waals surface area (Å²) in [7, 11) is 0. The van der Waals surface area contributed by atoms with Crippen LogP contribution in [-0.2, 0) is 21.7 Å². The molecule has 3 heterocycles.